The fourth-order valence-electron chi connectivity index (χ4n) is 4.58. The van der Waals surface area contributed by atoms with E-state index < -0.39 is 0 Å². The molecule has 1 aliphatic rings. The van der Waals surface area contributed by atoms with Gasteiger partial charge in [-0.1, -0.05) is 13.8 Å². The molecule has 29 heavy (non-hydrogen) atoms. The van der Waals surface area contributed by atoms with E-state index in [2.05, 4.69) is 57.3 Å². The Morgan fingerprint density at radius 1 is 1.24 bits per heavy atom. The molecule has 2 unspecified atom stereocenters. The van der Waals surface area contributed by atoms with Crippen LogP contribution in [0.25, 0.3) is 0 Å². The summed E-state index contributed by atoms with van der Waals surface area (Å²) < 4.78 is 13.2. The van der Waals surface area contributed by atoms with Crippen molar-refractivity contribution in [2.45, 2.75) is 86.0 Å². The number of hydrogen-bond acceptors (Lipinski definition) is 4. The van der Waals surface area contributed by atoms with Gasteiger partial charge in [0.2, 0.25) is 0 Å². The number of guanidine groups is 1. The fourth-order valence-corrected chi connectivity index (χ4v) is 4.58. The van der Waals surface area contributed by atoms with E-state index in [1.165, 1.54) is 5.56 Å². The number of rotatable bonds is 11. The fraction of sp³-hybridized carbons (Fsp3) is 0.818. The predicted molar refractivity (Wildman–Crippen MR) is 118 cm³/mol. The van der Waals surface area contributed by atoms with Gasteiger partial charge in [-0.2, -0.15) is 5.10 Å². The van der Waals surface area contributed by atoms with Crippen molar-refractivity contribution < 1.29 is 9.47 Å². The van der Waals surface area contributed by atoms with Gasteiger partial charge in [-0.25, -0.2) is 4.99 Å². The number of methoxy groups -OCH3 is 1. The number of ether oxygens (including phenoxy) is 2. The van der Waals surface area contributed by atoms with Gasteiger partial charge < -0.3 is 20.1 Å². The molecule has 2 N–H and O–H groups in total. The summed E-state index contributed by atoms with van der Waals surface area (Å²) in [7, 11) is 1.72. The zero-order chi connectivity index (χ0) is 21.4. The zero-order valence-electron chi connectivity index (χ0n) is 19.5. The van der Waals surface area contributed by atoms with E-state index in [4.69, 9.17) is 14.5 Å². The zero-order valence-corrected chi connectivity index (χ0v) is 19.5. The highest BCUT2D eigenvalue weighted by molar-refractivity contribution is 5.80. The predicted octanol–water partition coefficient (Wildman–Crippen LogP) is 3.19. The summed E-state index contributed by atoms with van der Waals surface area (Å²) in [4.78, 5) is 4.90. The molecule has 7 nitrogen and oxygen atoms in total. The van der Waals surface area contributed by atoms with Gasteiger partial charge in [0.15, 0.2) is 5.96 Å². The maximum atomic E-state index is 6.02. The van der Waals surface area contributed by atoms with Crippen LogP contribution in [-0.2, 0) is 22.6 Å². The first-order valence-electron chi connectivity index (χ1n) is 11.1. The van der Waals surface area contributed by atoms with E-state index in [0.717, 1.165) is 56.3 Å². The molecule has 1 aliphatic carbocycles. The van der Waals surface area contributed by atoms with E-state index in [0.29, 0.717) is 25.3 Å². The van der Waals surface area contributed by atoms with E-state index in [1.807, 2.05) is 4.68 Å². The summed E-state index contributed by atoms with van der Waals surface area (Å²) in [6.45, 7) is 16.6. The van der Waals surface area contributed by atoms with Crippen molar-refractivity contribution >= 4 is 5.96 Å². The molecule has 0 saturated heterocycles. The molecule has 1 fully saturated rings. The van der Waals surface area contributed by atoms with Crippen LogP contribution >= 0.6 is 0 Å². The quantitative estimate of drug-likeness (QED) is 0.435. The van der Waals surface area contributed by atoms with Crippen molar-refractivity contribution in [1.29, 1.82) is 0 Å². The average Bonchev–Trinajstić information content (AvgIpc) is 2.97. The normalized spacial score (nSPS) is 21.1. The minimum absolute atomic E-state index is 0.184. The smallest absolute Gasteiger partial charge is 0.191 e. The Morgan fingerprint density at radius 3 is 2.55 bits per heavy atom. The lowest BCUT2D eigenvalue weighted by Crippen LogP contribution is -2.65. The molecule has 0 amide bonds. The van der Waals surface area contributed by atoms with Crippen molar-refractivity contribution in [1.82, 2.24) is 20.4 Å². The second kappa shape index (κ2) is 11.0. The van der Waals surface area contributed by atoms with E-state index in [-0.39, 0.29) is 5.41 Å². The highest BCUT2D eigenvalue weighted by Gasteiger charge is 2.53. The Balaban J connectivity index is 2.12. The first-order chi connectivity index (χ1) is 14.0. The van der Waals surface area contributed by atoms with Crippen LogP contribution in [0.1, 0.15) is 63.9 Å². The molecule has 1 saturated carbocycles. The number of nitrogens with one attached hydrogen (secondary N) is 2. The van der Waals surface area contributed by atoms with Gasteiger partial charge in [0.25, 0.3) is 0 Å². The molecule has 7 heteroatoms. The van der Waals surface area contributed by atoms with Gasteiger partial charge in [0, 0.05) is 43.0 Å². The average molecular weight is 408 g/mol. The van der Waals surface area contributed by atoms with Gasteiger partial charge in [0.1, 0.15) is 0 Å². The van der Waals surface area contributed by atoms with Crippen molar-refractivity contribution in [3.8, 4) is 0 Å². The van der Waals surface area contributed by atoms with E-state index in [9.17, 15) is 0 Å². The molecular weight excluding hydrogens is 366 g/mol. The molecule has 2 atom stereocenters. The molecule has 0 aliphatic heterocycles. The van der Waals surface area contributed by atoms with Gasteiger partial charge >= 0.3 is 0 Å². The topological polar surface area (TPSA) is 72.7 Å². The Hall–Kier alpha value is -1.60. The Bertz CT molecular complexity index is 666. The molecule has 1 aromatic rings. The van der Waals surface area contributed by atoms with Gasteiger partial charge in [-0.05, 0) is 47.0 Å². The van der Waals surface area contributed by atoms with Crippen molar-refractivity contribution in [3.63, 3.8) is 0 Å². The molecule has 0 radical (unpaired) electrons. The molecule has 0 spiro atoms. The van der Waals surface area contributed by atoms with Gasteiger partial charge in [0.05, 0.1) is 31.5 Å². The van der Waals surface area contributed by atoms with Crippen LogP contribution < -0.4 is 10.6 Å². The van der Waals surface area contributed by atoms with Crippen LogP contribution in [0.5, 0.6) is 0 Å². The maximum Gasteiger partial charge on any atom is 0.191 e. The standard InChI is InChI=1S/C22H41N5O2/c1-8-22(9-2)19(14-20(22)29-11-4)25-21(23-10-3)24-15-18-16(5)26-27(17(18)6)12-13-28-7/h19-20H,8-15H2,1-7H3,(H2,23,24,25). The third kappa shape index (κ3) is 5.12. The summed E-state index contributed by atoms with van der Waals surface area (Å²) >= 11 is 0. The second-order valence-corrected chi connectivity index (χ2v) is 7.88. The summed E-state index contributed by atoms with van der Waals surface area (Å²) in [5.41, 5.74) is 3.57. The van der Waals surface area contributed by atoms with Crippen LogP contribution in [0.15, 0.2) is 4.99 Å². The second-order valence-electron chi connectivity index (χ2n) is 7.88. The van der Waals surface area contributed by atoms with E-state index >= 15 is 0 Å². The summed E-state index contributed by atoms with van der Waals surface area (Å²) in [5.74, 6) is 0.877. The third-order valence-corrected chi connectivity index (χ3v) is 6.56. The molecule has 0 bridgehead atoms. The summed E-state index contributed by atoms with van der Waals surface area (Å²) in [6, 6.07) is 0.387. The Morgan fingerprint density at radius 2 is 1.97 bits per heavy atom. The third-order valence-electron chi connectivity index (χ3n) is 6.56. The Labute approximate surface area is 176 Å². The number of aromatic nitrogens is 2. The minimum atomic E-state index is 0.184. The minimum Gasteiger partial charge on any atom is -0.383 e. The number of aryl methyl sites for hydroxylation is 1. The lowest BCUT2D eigenvalue weighted by molar-refractivity contribution is -0.133. The molecule has 166 valence electrons. The van der Waals surface area contributed by atoms with Crippen LogP contribution in [0.4, 0.5) is 0 Å². The first-order valence-corrected chi connectivity index (χ1v) is 11.1. The van der Waals surface area contributed by atoms with Crippen molar-refractivity contribution in [3.05, 3.63) is 17.0 Å². The van der Waals surface area contributed by atoms with E-state index in [1.54, 1.807) is 7.11 Å². The Kier molecular flexibility index (Phi) is 8.96. The monoisotopic (exact) mass is 407 g/mol. The van der Waals surface area contributed by atoms with Crippen LogP contribution in [0, 0.1) is 19.3 Å². The molecule has 1 aromatic heterocycles. The van der Waals surface area contributed by atoms with Crippen LogP contribution in [0.2, 0.25) is 0 Å². The maximum absolute atomic E-state index is 6.02. The number of aliphatic imine (C=N–C) groups is 1. The van der Waals surface area contributed by atoms with Crippen LogP contribution in [-0.4, -0.2) is 54.8 Å². The summed E-state index contributed by atoms with van der Waals surface area (Å²) in [5, 5.41) is 11.8. The first kappa shape index (κ1) is 23.7. The van der Waals surface area contributed by atoms with Crippen molar-refractivity contribution in [2.75, 3.05) is 26.9 Å². The molecular formula is C22H41N5O2. The lowest BCUT2D eigenvalue weighted by Gasteiger charge is -2.55. The highest BCUT2D eigenvalue weighted by atomic mass is 16.5. The number of hydrogen-bond donors (Lipinski definition) is 2. The molecule has 2 rings (SSSR count). The largest absolute Gasteiger partial charge is 0.383 e. The van der Waals surface area contributed by atoms with Gasteiger partial charge in [-0.3, -0.25) is 4.68 Å². The van der Waals surface area contributed by atoms with Crippen molar-refractivity contribution in [2.24, 2.45) is 10.4 Å². The SMILES string of the molecule is CCNC(=NCc1c(C)nn(CCOC)c1C)NC1CC(OCC)C1(CC)CC. The highest BCUT2D eigenvalue weighted by Crippen LogP contribution is 2.48. The number of nitrogens with zero attached hydrogens (tertiary/aromatic N) is 3. The molecule has 1 heterocycles. The lowest BCUT2D eigenvalue weighted by atomic mass is 9.58. The summed E-state index contributed by atoms with van der Waals surface area (Å²) in [6.07, 6.45) is 3.59. The molecule has 0 aromatic carbocycles. The van der Waals surface area contributed by atoms with Gasteiger partial charge in [-0.15, -0.1) is 0 Å². The van der Waals surface area contributed by atoms with Crippen LogP contribution in [0.3, 0.4) is 0 Å².